The van der Waals surface area contributed by atoms with Crippen LogP contribution >= 0.6 is 11.6 Å². The van der Waals surface area contributed by atoms with Crippen LogP contribution in [0.2, 0.25) is 5.02 Å². The molecule has 18 heavy (non-hydrogen) atoms. The second-order valence-electron chi connectivity index (χ2n) is 5.11. The molecule has 1 aromatic rings. The Morgan fingerprint density at radius 3 is 2.61 bits per heavy atom. The van der Waals surface area contributed by atoms with E-state index in [1.165, 1.54) is 0 Å². The van der Waals surface area contributed by atoms with Gasteiger partial charge in [-0.3, -0.25) is 0 Å². The number of halogens is 1. The lowest BCUT2D eigenvalue weighted by Gasteiger charge is -2.21. The third-order valence-corrected chi connectivity index (χ3v) is 2.57. The van der Waals surface area contributed by atoms with Crippen LogP contribution in [0.25, 0.3) is 0 Å². The van der Waals surface area contributed by atoms with Gasteiger partial charge in [0.05, 0.1) is 0 Å². The Morgan fingerprint density at radius 1 is 1.28 bits per heavy atom. The van der Waals surface area contributed by atoms with Crippen LogP contribution in [0.5, 0.6) is 5.75 Å². The first-order chi connectivity index (χ1) is 8.42. The second-order valence-corrected chi connectivity index (χ2v) is 5.55. The van der Waals surface area contributed by atoms with E-state index < -0.39 is 0 Å². The number of hydrogen-bond acceptors (Lipinski definition) is 3. The number of nitrogens with one attached hydrogen (secondary N) is 1. The summed E-state index contributed by atoms with van der Waals surface area (Å²) in [6.45, 7) is 9.93. The van der Waals surface area contributed by atoms with Crippen LogP contribution in [-0.2, 0) is 11.3 Å². The molecule has 0 spiro atoms. The molecular formula is C14H22ClNO2. The molecule has 0 bridgehead atoms. The van der Waals surface area contributed by atoms with Gasteiger partial charge in [-0.25, -0.2) is 0 Å². The van der Waals surface area contributed by atoms with Gasteiger partial charge in [-0.05, 0) is 45.9 Å². The Morgan fingerprint density at radius 2 is 2.00 bits per heavy atom. The highest BCUT2D eigenvalue weighted by Crippen LogP contribution is 2.23. The summed E-state index contributed by atoms with van der Waals surface area (Å²) in [5, 5.41) is 4.13. The minimum atomic E-state index is 0.0551. The zero-order valence-electron chi connectivity index (χ0n) is 11.5. The van der Waals surface area contributed by atoms with Crippen molar-refractivity contribution in [1.29, 1.82) is 0 Å². The molecule has 3 nitrogen and oxygen atoms in total. The Labute approximate surface area is 114 Å². The van der Waals surface area contributed by atoms with Crippen molar-refractivity contribution in [3.63, 3.8) is 0 Å². The fraction of sp³-hybridized carbons (Fsp3) is 0.571. The average molecular weight is 272 g/mol. The molecule has 0 unspecified atom stereocenters. The van der Waals surface area contributed by atoms with Gasteiger partial charge in [0.1, 0.15) is 5.75 Å². The summed E-state index contributed by atoms with van der Waals surface area (Å²) in [6, 6.07) is 5.62. The molecule has 1 aromatic carbocycles. The minimum Gasteiger partial charge on any atom is -0.467 e. The summed E-state index contributed by atoms with van der Waals surface area (Å²) in [4.78, 5) is 0. The summed E-state index contributed by atoms with van der Waals surface area (Å²) >= 11 is 6.01. The molecular weight excluding hydrogens is 250 g/mol. The molecule has 4 heteroatoms. The van der Waals surface area contributed by atoms with Gasteiger partial charge < -0.3 is 14.8 Å². The maximum Gasteiger partial charge on any atom is 0.189 e. The first-order valence-corrected chi connectivity index (χ1v) is 6.54. The fourth-order valence-corrected chi connectivity index (χ4v) is 1.57. The van der Waals surface area contributed by atoms with Gasteiger partial charge in [-0.1, -0.05) is 11.6 Å². The molecule has 1 N–H and O–H groups in total. The molecule has 0 aliphatic heterocycles. The van der Waals surface area contributed by atoms with E-state index in [4.69, 9.17) is 21.1 Å². The Hall–Kier alpha value is -0.770. The first-order valence-electron chi connectivity index (χ1n) is 6.16. The van der Waals surface area contributed by atoms with Gasteiger partial charge >= 0.3 is 0 Å². The van der Waals surface area contributed by atoms with Crippen LogP contribution in [0.1, 0.15) is 33.3 Å². The predicted molar refractivity (Wildman–Crippen MR) is 75.2 cm³/mol. The van der Waals surface area contributed by atoms with E-state index in [1.54, 1.807) is 0 Å². The highest BCUT2D eigenvalue weighted by Gasteiger charge is 2.11. The summed E-state index contributed by atoms with van der Waals surface area (Å²) in [5.74, 6) is 0.810. The Kier molecular flexibility index (Phi) is 5.93. The molecule has 0 radical (unpaired) electrons. The average Bonchev–Trinajstić information content (AvgIpc) is 2.28. The third kappa shape index (κ3) is 5.71. The molecule has 0 saturated heterocycles. The lowest BCUT2D eigenvalue weighted by molar-refractivity contribution is 0.0217. The number of rotatable bonds is 6. The number of ether oxygens (including phenoxy) is 2. The molecule has 0 aliphatic rings. The van der Waals surface area contributed by atoms with Gasteiger partial charge in [-0.2, -0.15) is 0 Å². The van der Waals surface area contributed by atoms with Crippen molar-refractivity contribution >= 4 is 11.6 Å². The van der Waals surface area contributed by atoms with E-state index in [2.05, 4.69) is 26.1 Å². The summed E-state index contributed by atoms with van der Waals surface area (Å²) < 4.78 is 10.8. The Bertz CT molecular complexity index is 375. The van der Waals surface area contributed by atoms with Crippen LogP contribution in [0.15, 0.2) is 18.2 Å². The minimum absolute atomic E-state index is 0.0551. The van der Waals surface area contributed by atoms with Crippen molar-refractivity contribution in [1.82, 2.24) is 5.32 Å². The topological polar surface area (TPSA) is 30.5 Å². The highest BCUT2D eigenvalue weighted by molar-refractivity contribution is 6.30. The molecule has 102 valence electrons. The van der Waals surface area contributed by atoms with E-state index in [-0.39, 0.29) is 12.3 Å². The molecule has 0 atom stereocenters. The summed E-state index contributed by atoms with van der Waals surface area (Å²) in [7, 11) is 0. The second kappa shape index (κ2) is 6.98. The summed E-state index contributed by atoms with van der Waals surface area (Å²) in [6.07, 6.45) is 0. The van der Waals surface area contributed by atoms with E-state index in [1.807, 2.05) is 25.1 Å². The van der Waals surface area contributed by atoms with E-state index in [9.17, 15) is 0 Å². The van der Waals surface area contributed by atoms with Crippen LogP contribution in [0, 0.1) is 0 Å². The van der Waals surface area contributed by atoms with Crippen molar-refractivity contribution in [2.24, 2.45) is 0 Å². The van der Waals surface area contributed by atoms with Crippen molar-refractivity contribution in [2.75, 3.05) is 13.4 Å². The number of benzene rings is 1. The smallest absolute Gasteiger partial charge is 0.189 e. The molecule has 0 saturated carbocycles. The van der Waals surface area contributed by atoms with E-state index in [0.29, 0.717) is 18.2 Å². The van der Waals surface area contributed by atoms with Crippen LogP contribution in [0.4, 0.5) is 0 Å². The maximum atomic E-state index is 6.01. The highest BCUT2D eigenvalue weighted by atomic mass is 35.5. The zero-order valence-corrected chi connectivity index (χ0v) is 12.3. The van der Waals surface area contributed by atoms with E-state index >= 15 is 0 Å². The largest absolute Gasteiger partial charge is 0.467 e. The molecule has 0 aliphatic carbocycles. The first kappa shape index (κ1) is 15.3. The lowest BCUT2D eigenvalue weighted by Crippen LogP contribution is -2.35. The SMILES string of the molecule is CCOCOc1ccc(Cl)cc1CNC(C)(C)C. The monoisotopic (exact) mass is 271 g/mol. The Balaban J connectivity index is 2.70. The predicted octanol–water partition coefficient (Wildman–Crippen LogP) is 3.60. The molecule has 0 heterocycles. The third-order valence-electron chi connectivity index (χ3n) is 2.33. The van der Waals surface area contributed by atoms with Crippen molar-refractivity contribution in [3.8, 4) is 5.75 Å². The van der Waals surface area contributed by atoms with Gasteiger partial charge in [0.2, 0.25) is 0 Å². The fourth-order valence-electron chi connectivity index (χ4n) is 1.38. The molecule has 0 fully saturated rings. The standard InChI is InChI=1S/C14H22ClNO2/c1-5-17-10-18-13-7-6-12(15)8-11(13)9-16-14(2,3)4/h6-8,16H,5,9-10H2,1-4H3. The summed E-state index contributed by atoms with van der Waals surface area (Å²) in [5.41, 5.74) is 1.09. The van der Waals surface area contributed by atoms with Gasteiger partial charge in [0.25, 0.3) is 0 Å². The van der Waals surface area contributed by atoms with Gasteiger partial charge in [0.15, 0.2) is 6.79 Å². The van der Waals surface area contributed by atoms with E-state index in [0.717, 1.165) is 11.3 Å². The van der Waals surface area contributed by atoms with Crippen LogP contribution in [-0.4, -0.2) is 18.9 Å². The molecule has 1 rings (SSSR count). The van der Waals surface area contributed by atoms with Crippen molar-refractivity contribution in [3.05, 3.63) is 28.8 Å². The maximum absolute atomic E-state index is 6.01. The lowest BCUT2D eigenvalue weighted by atomic mass is 10.1. The van der Waals surface area contributed by atoms with Gasteiger partial charge in [0, 0.05) is 29.3 Å². The molecule has 0 amide bonds. The van der Waals surface area contributed by atoms with Gasteiger partial charge in [-0.15, -0.1) is 0 Å². The molecule has 0 aromatic heterocycles. The van der Waals surface area contributed by atoms with Crippen molar-refractivity contribution in [2.45, 2.75) is 39.8 Å². The normalized spacial score (nSPS) is 11.6. The van der Waals surface area contributed by atoms with Crippen LogP contribution in [0.3, 0.4) is 0 Å². The van der Waals surface area contributed by atoms with Crippen molar-refractivity contribution < 1.29 is 9.47 Å². The van der Waals surface area contributed by atoms with Crippen LogP contribution < -0.4 is 10.1 Å². The zero-order chi connectivity index (χ0) is 13.6. The quantitative estimate of drug-likeness (QED) is 0.633. The number of hydrogen-bond donors (Lipinski definition) is 1.